The summed E-state index contributed by atoms with van der Waals surface area (Å²) in [5.74, 6) is 0.662. The van der Waals surface area contributed by atoms with Crippen LogP contribution in [0.25, 0.3) is 0 Å². The van der Waals surface area contributed by atoms with Gasteiger partial charge in [-0.25, -0.2) is 0 Å². The van der Waals surface area contributed by atoms with E-state index < -0.39 is 6.10 Å². The van der Waals surface area contributed by atoms with Gasteiger partial charge in [0, 0.05) is 38.3 Å². The van der Waals surface area contributed by atoms with Crippen LogP contribution in [0.5, 0.6) is 0 Å². The number of rotatable bonds is 4. The predicted octanol–water partition coefficient (Wildman–Crippen LogP) is 2.19. The minimum atomic E-state index is -0.619. The molecule has 23 heavy (non-hydrogen) atoms. The van der Waals surface area contributed by atoms with Gasteiger partial charge in [0.05, 0.1) is 6.26 Å². The number of carbonyl (C=O) groups excluding carboxylic acids is 1. The number of amides is 1. The van der Waals surface area contributed by atoms with Crippen molar-refractivity contribution in [2.45, 2.75) is 6.10 Å². The summed E-state index contributed by atoms with van der Waals surface area (Å²) in [4.78, 5) is 16.4. The molecule has 0 aliphatic carbocycles. The van der Waals surface area contributed by atoms with E-state index in [-0.39, 0.29) is 18.3 Å². The zero-order valence-corrected chi connectivity index (χ0v) is 13.6. The van der Waals surface area contributed by atoms with Crippen LogP contribution >= 0.6 is 12.4 Å². The molecule has 1 aliphatic heterocycles. The molecular weight excluding hydrogens is 316 g/mol. The summed E-state index contributed by atoms with van der Waals surface area (Å²) >= 11 is 0. The molecule has 1 aromatic heterocycles. The van der Waals surface area contributed by atoms with Crippen LogP contribution in [0.4, 0.5) is 0 Å². The number of carbonyl (C=O) groups is 1. The first-order valence-corrected chi connectivity index (χ1v) is 7.52. The van der Waals surface area contributed by atoms with E-state index in [1.165, 1.54) is 0 Å². The SMILES string of the molecule is Cl.O=C(c1ccccc1)N1CCN(CC(O)c2ccco2)CC1. The maximum absolute atomic E-state index is 12.4. The van der Waals surface area contributed by atoms with E-state index in [9.17, 15) is 9.90 Å². The minimum Gasteiger partial charge on any atom is -0.467 e. The quantitative estimate of drug-likeness (QED) is 0.930. The van der Waals surface area contributed by atoms with E-state index >= 15 is 0 Å². The van der Waals surface area contributed by atoms with Crippen molar-refractivity contribution in [3.05, 3.63) is 60.1 Å². The van der Waals surface area contributed by atoms with Crippen LogP contribution in [0.15, 0.2) is 53.1 Å². The molecule has 1 amide bonds. The molecule has 2 heterocycles. The molecule has 3 rings (SSSR count). The summed E-state index contributed by atoms with van der Waals surface area (Å²) in [5, 5.41) is 10.1. The fourth-order valence-electron chi connectivity index (χ4n) is 2.71. The number of β-amino-alcohol motifs (C(OH)–C–C–N with tert-alkyl or cyclic N) is 1. The number of piperazine rings is 1. The smallest absolute Gasteiger partial charge is 0.253 e. The van der Waals surface area contributed by atoms with Crippen LogP contribution in [0.1, 0.15) is 22.2 Å². The zero-order chi connectivity index (χ0) is 15.4. The molecule has 0 spiro atoms. The molecule has 1 atom stereocenters. The topological polar surface area (TPSA) is 56.9 Å². The molecule has 0 radical (unpaired) electrons. The van der Waals surface area contributed by atoms with E-state index in [0.29, 0.717) is 25.4 Å². The molecule has 5 nitrogen and oxygen atoms in total. The first-order chi connectivity index (χ1) is 10.7. The fourth-order valence-corrected chi connectivity index (χ4v) is 2.71. The van der Waals surface area contributed by atoms with Crippen molar-refractivity contribution in [2.75, 3.05) is 32.7 Å². The molecule has 1 saturated heterocycles. The second-order valence-corrected chi connectivity index (χ2v) is 5.49. The van der Waals surface area contributed by atoms with Crippen molar-refractivity contribution >= 4 is 18.3 Å². The zero-order valence-electron chi connectivity index (χ0n) is 12.8. The molecule has 1 aromatic carbocycles. The highest BCUT2D eigenvalue weighted by atomic mass is 35.5. The average molecular weight is 337 g/mol. The van der Waals surface area contributed by atoms with E-state index in [1.54, 1.807) is 18.4 Å². The van der Waals surface area contributed by atoms with Crippen LogP contribution in [0, 0.1) is 0 Å². The molecule has 1 unspecified atom stereocenters. The summed E-state index contributed by atoms with van der Waals surface area (Å²) in [7, 11) is 0. The van der Waals surface area contributed by atoms with E-state index in [2.05, 4.69) is 4.90 Å². The van der Waals surface area contributed by atoms with Crippen molar-refractivity contribution in [3.63, 3.8) is 0 Å². The van der Waals surface area contributed by atoms with Gasteiger partial charge in [-0.05, 0) is 24.3 Å². The molecule has 0 saturated carbocycles. The molecule has 124 valence electrons. The summed E-state index contributed by atoms with van der Waals surface area (Å²) in [6.45, 7) is 3.41. The highest BCUT2D eigenvalue weighted by Crippen LogP contribution is 2.16. The average Bonchev–Trinajstić information content (AvgIpc) is 3.10. The summed E-state index contributed by atoms with van der Waals surface area (Å²) < 4.78 is 5.21. The van der Waals surface area contributed by atoms with Crippen LogP contribution < -0.4 is 0 Å². The van der Waals surface area contributed by atoms with Gasteiger partial charge in [-0.2, -0.15) is 0 Å². The van der Waals surface area contributed by atoms with Gasteiger partial charge >= 0.3 is 0 Å². The molecule has 6 heteroatoms. The third-order valence-corrected chi connectivity index (χ3v) is 3.98. The largest absolute Gasteiger partial charge is 0.467 e. The number of aliphatic hydroxyl groups is 1. The van der Waals surface area contributed by atoms with Gasteiger partial charge < -0.3 is 14.4 Å². The van der Waals surface area contributed by atoms with Crippen molar-refractivity contribution < 1.29 is 14.3 Å². The maximum Gasteiger partial charge on any atom is 0.253 e. The summed E-state index contributed by atoms with van der Waals surface area (Å²) in [5.41, 5.74) is 0.728. The second-order valence-electron chi connectivity index (χ2n) is 5.49. The monoisotopic (exact) mass is 336 g/mol. The molecular formula is C17H21ClN2O3. The van der Waals surface area contributed by atoms with E-state index in [1.807, 2.05) is 35.2 Å². The second kappa shape index (κ2) is 8.15. The Morgan fingerprint density at radius 2 is 1.78 bits per heavy atom. The Kier molecular flexibility index (Phi) is 6.21. The lowest BCUT2D eigenvalue weighted by Crippen LogP contribution is -2.49. The number of benzene rings is 1. The summed E-state index contributed by atoms with van der Waals surface area (Å²) in [6.07, 6.45) is 0.945. The fraction of sp³-hybridized carbons (Fsp3) is 0.353. The van der Waals surface area contributed by atoms with Gasteiger partial charge in [0.15, 0.2) is 0 Å². The van der Waals surface area contributed by atoms with Crippen LogP contribution in [-0.4, -0.2) is 53.5 Å². The van der Waals surface area contributed by atoms with Gasteiger partial charge in [-0.15, -0.1) is 12.4 Å². The van der Waals surface area contributed by atoms with Crippen molar-refractivity contribution in [2.24, 2.45) is 0 Å². The number of halogens is 1. The van der Waals surface area contributed by atoms with Crippen LogP contribution in [-0.2, 0) is 0 Å². The number of furan rings is 1. The van der Waals surface area contributed by atoms with Crippen LogP contribution in [0.2, 0.25) is 0 Å². The van der Waals surface area contributed by atoms with Gasteiger partial charge in [-0.1, -0.05) is 18.2 Å². The number of hydrogen-bond acceptors (Lipinski definition) is 4. The van der Waals surface area contributed by atoms with Crippen molar-refractivity contribution in [3.8, 4) is 0 Å². The Balaban J connectivity index is 0.00000192. The predicted molar refractivity (Wildman–Crippen MR) is 89.7 cm³/mol. The third kappa shape index (κ3) is 4.34. The lowest BCUT2D eigenvalue weighted by Gasteiger charge is -2.35. The van der Waals surface area contributed by atoms with Gasteiger partial charge in [0.25, 0.3) is 5.91 Å². The first-order valence-electron chi connectivity index (χ1n) is 7.52. The highest BCUT2D eigenvalue weighted by molar-refractivity contribution is 5.94. The maximum atomic E-state index is 12.4. The Labute approximate surface area is 141 Å². The number of hydrogen-bond donors (Lipinski definition) is 1. The molecule has 1 fully saturated rings. The Morgan fingerprint density at radius 1 is 1.09 bits per heavy atom. The normalized spacial score (nSPS) is 16.7. The lowest BCUT2D eigenvalue weighted by molar-refractivity contribution is 0.0486. The third-order valence-electron chi connectivity index (χ3n) is 3.98. The number of aliphatic hydroxyl groups excluding tert-OH is 1. The van der Waals surface area contributed by atoms with Gasteiger partial charge in [-0.3, -0.25) is 9.69 Å². The van der Waals surface area contributed by atoms with Crippen LogP contribution in [0.3, 0.4) is 0 Å². The van der Waals surface area contributed by atoms with Crippen molar-refractivity contribution in [1.29, 1.82) is 0 Å². The summed E-state index contributed by atoms with van der Waals surface area (Å²) in [6, 6.07) is 12.9. The Hall–Kier alpha value is -1.82. The Bertz CT molecular complexity index is 596. The standard InChI is InChI=1S/C17H20N2O3.ClH/c20-15(16-7-4-12-22-16)13-18-8-10-19(11-9-18)17(21)14-5-2-1-3-6-14;/h1-7,12,15,20H,8-11,13H2;1H. The van der Waals surface area contributed by atoms with Gasteiger partial charge in [0.1, 0.15) is 11.9 Å². The number of nitrogens with zero attached hydrogens (tertiary/aromatic N) is 2. The van der Waals surface area contributed by atoms with E-state index in [0.717, 1.165) is 18.7 Å². The lowest BCUT2D eigenvalue weighted by atomic mass is 10.1. The van der Waals surface area contributed by atoms with Crippen molar-refractivity contribution in [1.82, 2.24) is 9.80 Å². The molecule has 1 N–H and O–H groups in total. The minimum absolute atomic E-state index is 0. The molecule has 2 aromatic rings. The highest BCUT2D eigenvalue weighted by Gasteiger charge is 2.24. The molecule has 0 bridgehead atoms. The molecule has 1 aliphatic rings. The van der Waals surface area contributed by atoms with Gasteiger partial charge in [0.2, 0.25) is 0 Å². The Morgan fingerprint density at radius 3 is 2.39 bits per heavy atom. The first kappa shape index (κ1) is 17.5. The van der Waals surface area contributed by atoms with E-state index in [4.69, 9.17) is 4.42 Å².